The maximum absolute atomic E-state index is 12.1. The van der Waals surface area contributed by atoms with Gasteiger partial charge in [0.25, 0.3) is 5.91 Å². The Kier molecular flexibility index (Phi) is 4.32. The van der Waals surface area contributed by atoms with E-state index in [1.807, 2.05) is 19.1 Å². The van der Waals surface area contributed by atoms with Gasteiger partial charge in [0.1, 0.15) is 5.75 Å². The van der Waals surface area contributed by atoms with Crippen molar-refractivity contribution >= 4 is 11.6 Å². The molecular formula is C17H24N2O2. The van der Waals surface area contributed by atoms with E-state index in [9.17, 15) is 4.79 Å². The highest BCUT2D eigenvalue weighted by Crippen LogP contribution is 2.27. The minimum Gasteiger partial charge on any atom is -0.481 e. The number of carbonyl (C=O) groups excluding carboxylic acids is 1. The number of fused-ring (bicyclic) bond motifs is 1. The predicted molar refractivity (Wildman–Crippen MR) is 83.7 cm³/mol. The highest BCUT2D eigenvalue weighted by atomic mass is 16.5. The fourth-order valence-electron chi connectivity index (χ4n) is 3.16. The Morgan fingerprint density at radius 3 is 2.95 bits per heavy atom. The first-order valence-electron chi connectivity index (χ1n) is 8.06. The Balaban J connectivity index is 1.58. The largest absolute Gasteiger partial charge is 0.481 e. The lowest BCUT2D eigenvalue weighted by Gasteiger charge is -2.21. The number of anilines is 1. The number of rotatable bonds is 4. The Bertz CT molecular complexity index is 510. The summed E-state index contributed by atoms with van der Waals surface area (Å²) in [7, 11) is 0. The van der Waals surface area contributed by atoms with E-state index in [1.54, 1.807) is 0 Å². The maximum Gasteiger partial charge on any atom is 0.260 e. The summed E-state index contributed by atoms with van der Waals surface area (Å²) in [4.78, 5) is 12.1. The number of aryl methyl sites for hydroxylation is 1. The van der Waals surface area contributed by atoms with Crippen LogP contribution in [0.4, 0.5) is 5.69 Å². The molecule has 114 valence electrons. The Hall–Kier alpha value is -1.71. The van der Waals surface area contributed by atoms with Crippen molar-refractivity contribution in [2.24, 2.45) is 0 Å². The van der Waals surface area contributed by atoms with Crippen LogP contribution in [-0.2, 0) is 11.2 Å². The number of carbonyl (C=O) groups is 1. The van der Waals surface area contributed by atoms with E-state index in [2.05, 4.69) is 16.7 Å². The SMILES string of the molecule is CC(Oc1ccc2c(c1)NCCC2)C(=O)NC1CCCC1. The third kappa shape index (κ3) is 3.49. The molecule has 0 saturated heterocycles. The fraction of sp³-hybridized carbons (Fsp3) is 0.588. The molecular weight excluding hydrogens is 264 g/mol. The van der Waals surface area contributed by atoms with E-state index in [0.717, 1.165) is 37.2 Å². The molecule has 2 N–H and O–H groups in total. The molecule has 0 bridgehead atoms. The van der Waals surface area contributed by atoms with Gasteiger partial charge in [0.15, 0.2) is 6.10 Å². The number of amides is 1. The van der Waals surface area contributed by atoms with E-state index < -0.39 is 6.10 Å². The van der Waals surface area contributed by atoms with Crippen LogP contribution in [0, 0.1) is 0 Å². The van der Waals surface area contributed by atoms with Crippen LogP contribution in [0.15, 0.2) is 18.2 Å². The van der Waals surface area contributed by atoms with Gasteiger partial charge >= 0.3 is 0 Å². The molecule has 0 aromatic heterocycles. The van der Waals surface area contributed by atoms with Gasteiger partial charge in [-0.25, -0.2) is 0 Å². The fourth-order valence-corrected chi connectivity index (χ4v) is 3.16. The van der Waals surface area contributed by atoms with Crippen LogP contribution in [0.3, 0.4) is 0 Å². The monoisotopic (exact) mass is 288 g/mol. The van der Waals surface area contributed by atoms with Crippen LogP contribution in [-0.4, -0.2) is 24.6 Å². The number of nitrogens with one attached hydrogen (secondary N) is 2. The molecule has 1 aliphatic heterocycles. The third-order valence-corrected chi connectivity index (χ3v) is 4.40. The smallest absolute Gasteiger partial charge is 0.260 e. The van der Waals surface area contributed by atoms with E-state index in [-0.39, 0.29) is 5.91 Å². The topological polar surface area (TPSA) is 50.4 Å². The maximum atomic E-state index is 12.1. The van der Waals surface area contributed by atoms with Gasteiger partial charge in [-0.15, -0.1) is 0 Å². The second-order valence-electron chi connectivity index (χ2n) is 6.10. The summed E-state index contributed by atoms with van der Waals surface area (Å²) in [6.07, 6.45) is 6.47. The molecule has 2 aliphatic rings. The number of hydrogen-bond acceptors (Lipinski definition) is 3. The molecule has 1 amide bonds. The van der Waals surface area contributed by atoms with Crippen molar-refractivity contribution in [2.75, 3.05) is 11.9 Å². The summed E-state index contributed by atoms with van der Waals surface area (Å²) in [5.74, 6) is 0.754. The summed E-state index contributed by atoms with van der Waals surface area (Å²) in [6.45, 7) is 2.82. The van der Waals surface area contributed by atoms with Gasteiger partial charge in [-0.05, 0) is 44.2 Å². The molecule has 4 heteroatoms. The zero-order valence-electron chi connectivity index (χ0n) is 12.7. The third-order valence-electron chi connectivity index (χ3n) is 4.40. The van der Waals surface area contributed by atoms with Gasteiger partial charge in [-0.1, -0.05) is 18.9 Å². The van der Waals surface area contributed by atoms with Crippen molar-refractivity contribution in [3.8, 4) is 5.75 Å². The molecule has 4 nitrogen and oxygen atoms in total. The molecule has 1 saturated carbocycles. The van der Waals surface area contributed by atoms with Crippen molar-refractivity contribution in [1.29, 1.82) is 0 Å². The average Bonchev–Trinajstić information content (AvgIpc) is 3.00. The molecule has 1 heterocycles. The van der Waals surface area contributed by atoms with Crippen molar-refractivity contribution in [3.63, 3.8) is 0 Å². The molecule has 21 heavy (non-hydrogen) atoms. The first kappa shape index (κ1) is 14.2. The first-order valence-corrected chi connectivity index (χ1v) is 8.06. The quantitative estimate of drug-likeness (QED) is 0.895. The zero-order chi connectivity index (χ0) is 14.7. The first-order chi connectivity index (χ1) is 10.2. The van der Waals surface area contributed by atoms with Crippen LogP contribution >= 0.6 is 0 Å². The minimum absolute atomic E-state index is 0.00687. The number of benzene rings is 1. The molecule has 1 unspecified atom stereocenters. The zero-order valence-corrected chi connectivity index (χ0v) is 12.7. The van der Waals surface area contributed by atoms with E-state index >= 15 is 0 Å². The summed E-state index contributed by atoms with van der Waals surface area (Å²) >= 11 is 0. The summed E-state index contributed by atoms with van der Waals surface area (Å²) in [5.41, 5.74) is 2.47. The van der Waals surface area contributed by atoms with Crippen LogP contribution in [0.25, 0.3) is 0 Å². The normalized spacial score (nSPS) is 19.5. The summed E-state index contributed by atoms with van der Waals surface area (Å²) < 4.78 is 5.80. The molecule has 3 rings (SSSR count). The van der Waals surface area contributed by atoms with Gasteiger partial charge < -0.3 is 15.4 Å². The van der Waals surface area contributed by atoms with Crippen molar-refractivity contribution < 1.29 is 9.53 Å². The second-order valence-corrected chi connectivity index (χ2v) is 6.10. The van der Waals surface area contributed by atoms with E-state index in [1.165, 1.54) is 24.8 Å². The lowest BCUT2D eigenvalue weighted by atomic mass is 10.0. The number of hydrogen-bond donors (Lipinski definition) is 2. The Morgan fingerprint density at radius 1 is 1.33 bits per heavy atom. The molecule has 0 radical (unpaired) electrons. The molecule has 0 spiro atoms. The van der Waals surface area contributed by atoms with Gasteiger partial charge in [0, 0.05) is 24.3 Å². The van der Waals surface area contributed by atoms with Gasteiger partial charge in [-0.2, -0.15) is 0 Å². The molecule has 1 aliphatic carbocycles. The predicted octanol–water partition coefficient (Wildman–Crippen LogP) is 2.87. The van der Waals surface area contributed by atoms with E-state index in [4.69, 9.17) is 4.74 Å². The van der Waals surface area contributed by atoms with Crippen molar-refractivity contribution in [2.45, 2.75) is 57.6 Å². The average molecular weight is 288 g/mol. The van der Waals surface area contributed by atoms with Gasteiger partial charge in [0.2, 0.25) is 0 Å². The van der Waals surface area contributed by atoms with Gasteiger partial charge in [-0.3, -0.25) is 4.79 Å². The Labute approximate surface area is 126 Å². The highest BCUT2D eigenvalue weighted by molar-refractivity contribution is 5.81. The molecule has 1 aromatic rings. The van der Waals surface area contributed by atoms with Crippen LogP contribution in [0.1, 0.15) is 44.6 Å². The van der Waals surface area contributed by atoms with Crippen molar-refractivity contribution in [1.82, 2.24) is 5.32 Å². The summed E-state index contributed by atoms with van der Waals surface area (Å²) in [5, 5.41) is 6.47. The molecule has 1 atom stereocenters. The Morgan fingerprint density at radius 2 is 2.14 bits per heavy atom. The standard InChI is InChI=1S/C17H24N2O2/c1-12(17(20)19-14-6-2-3-7-14)21-15-9-8-13-5-4-10-18-16(13)11-15/h8-9,11-12,14,18H,2-7,10H2,1H3,(H,19,20). The lowest BCUT2D eigenvalue weighted by molar-refractivity contribution is -0.127. The van der Waals surface area contributed by atoms with E-state index in [0.29, 0.717) is 6.04 Å². The molecule has 1 fully saturated rings. The number of ether oxygens (including phenoxy) is 1. The van der Waals surface area contributed by atoms with Gasteiger partial charge in [0.05, 0.1) is 0 Å². The lowest BCUT2D eigenvalue weighted by Crippen LogP contribution is -2.41. The highest BCUT2D eigenvalue weighted by Gasteiger charge is 2.22. The van der Waals surface area contributed by atoms with Crippen LogP contribution < -0.4 is 15.4 Å². The van der Waals surface area contributed by atoms with Crippen LogP contribution in [0.5, 0.6) is 5.75 Å². The van der Waals surface area contributed by atoms with Crippen LogP contribution in [0.2, 0.25) is 0 Å². The summed E-state index contributed by atoms with van der Waals surface area (Å²) in [6, 6.07) is 6.41. The molecule has 1 aromatic carbocycles. The minimum atomic E-state index is -0.452. The second kappa shape index (κ2) is 6.37. The van der Waals surface area contributed by atoms with Crippen molar-refractivity contribution in [3.05, 3.63) is 23.8 Å².